The number of nitrogens with zero attached hydrogens (tertiary/aromatic N) is 1. The fourth-order valence-electron chi connectivity index (χ4n) is 2.35. The van der Waals surface area contributed by atoms with Crippen LogP contribution >= 0.6 is 34.8 Å². The topological polar surface area (TPSA) is 81.3 Å². The molecule has 0 amide bonds. The van der Waals surface area contributed by atoms with E-state index in [1.54, 1.807) is 13.0 Å². The van der Waals surface area contributed by atoms with Gasteiger partial charge in [0.2, 0.25) is 0 Å². The number of anilines is 1. The number of oxazole rings is 1. The van der Waals surface area contributed by atoms with Crippen LogP contribution in [0, 0.1) is 0 Å². The lowest BCUT2D eigenvalue weighted by atomic mass is 10.3. The van der Waals surface area contributed by atoms with Gasteiger partial charge in [-0.3, -0.25) is 9.29 Å². The zero-order valence-corrected chi connectivity index (χ0v) is 15.8. The summed E-state index contributed by atoms with van der Waals surface area (Å²) in [5.41, 5.74) is 0.643. The van der Waals surface area contributed by atoms with E-state index in [4.69, 9.17) is 39.2 Å². The van der Waals surface area contributed by atoms with E-state index in [-0.39, 0.29) is 31.2 Å². The maximum Gasteiger partial charge on any atom is 0.419 e. The van der Waals surface area contributed by atoms with Gasteiger partial charge in [-0.15, -0.1) is 0 Å². The Balaban J connectivity index is 2.12. The first-order valence-electron chi connectivity index (χ1n) is 7.04. The van der Waals surface area contributed by atoms with Crippen LogP contribution in [0.25, 0.3) is 11.1 Å². The van der Waals surface area contributed by atoms with Crippen LogP contribution in [0.2, 0.25) is 15.1 Å². The van der Waals surface area contributed by atoms with Crippen molar-refractivity contribution in [3.63, 3.8) is 0 Å². The third-order valence-electron chi connectivity index (χ3n) is 3.52. The van der Waals surface area contributed by atoms with E-state index in [0.29, 0.717) is 12.1 Å². The molecular formula is C15H11Cl3N2O4S. The molecule has 0 unspecified atom stereocenters. The van der Waals surface area contributed by atoms with Crippen LogP contribution in [-0.4, -0.2) is 13.0 Å². The van der Waals surface area contributed by atoms with Gasteiger partial charge in [-0.1, -0.05) is 40.9 Å². The molecule has 6 nitrogen and oxygen atoms in total. The second kappa shape index (κ2) is 6.57. The first-order chi connectivity index (χ1) is 11.7. The summed E-state index contributed by atoms with van der Waals surface area (Å²) in [5.74, 6) is -0.589. The molecule has 0 spiro atoms. The smallest absolute Gasteiger partial charge is 0.408 e. The van der Waals surface area contributed by atoms with Gasteiger partial charge in [0.05, 0.1) is 26.3 Å². The third-order valence-corrected chi connectivity index (χ3v) is 6.17. The fraction of sp³-hybridized carbons (Fsp3) is 0.133. The highest BCUT2D eigenvalue weighted by Gasteiger charge is 2.23. The minimum atomic E-state index is -4.08. The van der Waals surface area contributed by atoms with Crippen molar-refractivity contribution in [3.8, 4) is 0 Å². The Morgan fingerprint density at radius 2 is 1.88 bits per heavy atom. The standard InChI is InChI=1S/C15H11Cl3N2O4S/c1-2-20-11-6-9(17)13(7-12(11)24-15(20)21)25(22,23)19-10-5-3-4-8(16)14(10)18/h3-7,19H,2H2,1H3. The second-order valence-corrected chi connectivity index (χ2v) is 7.91. The summed E-state index contributed by atoms with van der Waals surface area (Å²) < 4.78 is 34.1. The quantitative estimate of drug-likeness (QED) is 0.678. The number of fused-ring (bicyclic) bond motifs is 1. The van der Waals surface area contributed by atoms with Crippen molar-refractivity contribution in [1.29, 1.82) is 0 Å². The van der Waals surface area contributed by atoms with Crippen LogP contribution in [0.5, 0.6) is 0 Å². The number of sulfonamides is 1. The van der Waals surface area contributed by atoms with E-state index in [9.17, 15) is 13.2 Å². The molecule has 0 bridgehead atoms. The maximum atomic E-state index is 12.7. The number of nitrogens with one attached hydrogen (secondary N) is 1. The summed E-state index contributed by atoms with van der Waals surface area (Å²) in [4.78, 5) is 11.5. The molecule has 1 aromatic heterocycles. The van der Waals surface area contributed by atoms with Crippen LogP contribution < -0.4 is 10.5 Å². The first-order valence-corrected chi connectivity index (χ1v) is 9.66. The number of rotatable bonds is 4. The average molecular weight is 422 g/mol. The normalized spacial score (nSPS) is 11.8. The van der Waals surface area contributed by atoms with E-state index in [1.807, 2.05) is 0 Å². The number of aromatic nitrogens is 1. The van der Waals surface area contributed by atoms with Crippen LogP contribution in [0.4, 0.5) is 5.69 Å². The Hall–Kier alpha value is -1.67. The van der Waals surface area contributed by atoms with Crippen LogP contribution in [-0.2, 0) is 16.6 Å². The van der Waals surface area contributed by atoms with Crippen molar-refractivity contribution < 1.29 is 12.8 Å². The highest BCUT2D eigenvalue weighted by molar-refractivity contribution is 7.92. The summed E-state index contributed by atoms with van der Waals surface area (Å²) in [5, 5.41) is 0.212. The van der Waals surface area contributed by atoms with Gasteiger partial charge in [-0.25, -0.2) is 13.2 Å². The van der Waals surface area contributed by atoms with Crippen LogP contribution in [0.3, 0.4) is 0 Å². The highest BCUT2D eigenvalue weighted by atomic mass is 35.5. The molecule has 3 aromatic rings. The molecule has 0 fully saturated rings. The van der Waals surface area contributed by atoms with Crippen molar-refractivity contribution in [3.05, 3.63) is 56.0 Å². The Morgan fingerprint density at radius 1 is 1.16 bits per heavy atom. The molecule has 0 atom stereocenters. The Morgan fingerprint density at radius 3 is 2.56 bits per heavy atom. The lowest BCUT2D eigenvalue weighted by Crippen LogP contribution is -2.14. The number of benzene rings is 2. The van der Waals surface area contributed by atoms with Gasteiger partial charge in [0.25, 0.3) is 10.0 Å². The molecular weight excluding hydrogens is 411 g/mol. The molecule has 1 heterocycles. The molecule has 0 saturated carbocycles. The summed E-state index contributed by atoms with van der Waals surface area (Å²) >= 11 is 18.0. The zero-order chi connectivity index (χ0) is 18.4. The Labute approximate surface area is 158 Å². The lowest BCUT2D eigenvalue weighted by Gasteiger charge is -2.11. The van der Waals surface area contributed by atoms with E-state index < -0.39 is 15.8 Å². The average Bonchev–Trinajstić information content (AvgIpc) is 2.85. The highest BCUT2D eigenvalue weighted by Crippen LogP contribution is 2.33. The molecule has 0 radical (unpaired) electrons. The zero-order valence-electron chi connectivity index (χ0n) is 12.7. The molecule has 3 rings (SSSR count). The van der Waals surface area contributed by atoms with Gasteiger partial charge in [-0.2, -0.15) is 0 Å². The van der Waals surface area contributed by atoms with Gasteiger partial charge < -0.3 is 4.42 Å². The molecule has 0 aliphatic heterocycles. The van der Waals surface area contributed by atoms with E-state index in [2.05, 4.69) is 4.72 Å². The Kier molecular flexibility index (Phi) is 4.76. The largest absolute Gasteiger partial charge is 0.419 e. The molecule has 2 aromatic carbocycles. The molecule has 1 N–H and O–H groups in total. The Bertz CT molecular complexity index is 1140. The SMILES string of the molecule is CCn1c(=O)oc2cc(S(=O)(=O)Nc3cccc(Cl)c3Cl)c(Cl)cc21. The maximum absolute atomic E-state index is 12.7. The van der Waals surface area contributed by atoms with E-state index >= 15 is 0 Å². The molecule has 0 saturated heterocycles. The van der Waals surface area contributed by atoms with E-state index in [0.717, 1.165) is 0 Å². The lowest BCUT2D eigenvalue weighted by molar-refractivity contribution is 0.512. The van der Waals surface area contributed by atoms with Gasteiger partial charge in [0, 0.05) is 12.6 Å². The number of aryl methyl sites for hydroxylation is 1. The summed E-state index contributed by atoms with van der Waals surface area (Å²) in [6.07, 6.45) is 0. The predicted molar refractivity (Wildman–Crippen MR) is 98.4 cm³/mol. The van der Waals surface area contributed by atoms with Crippen molar-refractivity contribution >= 4 is 61.6 Å². The van der Waals surface area contributed by atoms with Crippen molar-refractivity contribution in [2.45, 2.75) is 18.4 Å². The van der Waals surface area contributed by atoms with Gasteiger partial charge in [0.15, 0.2) is 5.58 Å². The summed E-state index contributed by atoms with van der Waals surface area (Å²) in [6, 6.07) is 7.12. The van der Waals surface area contributed by atoms with Crippen LogP contribution in [0.15, 0.2) is 44.4 Å². The van der Waals surface area contributed by atoms with Gasteiger partial charge in [-0.05, 0) is 25.1 Å². The summed E-state index contributed by atoms with van der Waals surface area (Å²) in [7, 11) is -4.08. The minimum absolute atomic E-state index is 0.0545. The molecule has 0 aliphatic rings. The molecule has 132 valence electrons. The van der Waals surface area contributed by atoms with E-state index in [1.165, 1.54) is 28.8 Å². The van der Waals surface area contributed by atoms with Crippen molar-refractivity contribution in [2.24, 2.45) is 0 Å². The monoisotopic (exact) mass is 420 g/mol. The first kappa shape index (κ1) is 18.1. The predicted octanol–water partition coefficient (Wildman–Crippen LogP) is 4.38. The number of halogens is 3. The third kappa shape index (κ3) is 3.25. The fourth-order valence-corrected chi connectivity index (χ4v) is 4.37. The van der Waals surface area contributed by atoms with Crippen molar-refractivity contribution in [1.82, 2.24) is 4.57 Å². The number of hydrogen-bond acceptors (Lipinski definition) is 4. The molecule has 0 aliphatic carbocycles. The van der Waals surface area contributed by atoms with Gasteiger partial charge in [0.1, 0.15) is 4.90 Å². The number of hydrogen-bond donors (Lipinski definition) is 1. The van der Waals surface area contributed by atoms with Gasteiger partial charge >= 0.3 is 5.76 Å². The summed E-state index contributed by atoms with van der Waals surface area (Å²) in [6.45, 7) is 2.13. The van der Waals surface area contributed by atoms with Crippen molar-refractivity contribution in [2.75, 3.05) is 4.72 Å². The minimum Gasteiger partial charge on any atom is -0.408 e. The molecule has 10 heteroatoms. The second-order valence-electron chi connectivity index (χ2n) is 5.07. The molecule has 25 heavy (non-hydrogen) atoms. The van der Waals surface area contributed by atoms with Crippen LogP contribution in [0.1, 0.15) is 6.92 Å².